The van der Waals surface area contributed by atoms with E-state index in [1.54, 1.807) is 7.05 Å². The molecule has 146 valence electrons. The van der Waals surface area contributed by atoms with Crippen LogP contribution in [0, 0.1) is 18.8 Å². The second-order valence-electron chi connectivity index (χ2n) is 7.22. The first-order valence-electron chi connectivity index (χ1n) is 8.86. The summed E-state index contributed by atoms with van der Waals surface area (Å²) in [4.78, 5) is 15.1. The van der Waals surface area contributed by atoms with Crippen LogP contribution in [-0.2, 0) is 7.05 Å². The van der Waals surface area contributed by atoms with E-state index in [0.29, 0.717) is 18.4 Å². The van der Waals surface area contributed by atoms with Crippen molar-refractivity contribution in [3.63, 3.8) is 0 Å². The highest BCUT2D eigenvalue weighted by Crippen LogP contribution is 2.44. The first kappa shape index (κ1) is 19.8. The monoisotopic (exact) mass is 396 g/mol. The highest BCUT2D eigenvalue weighted by atomic mass is 35.5. The number of alkyl halides is 2. The van der Waals surface area contributed by atoms with Gasteiger partial charge in [-0.05, 0) is 30.0 Å². The standard InChI is InChI=1S/C19H22F2N4O.ClH/c1-11-5-3-4-6-13(11)17-14-9-22-8-12(14)10-25(17)19(26)16-7-15(18(20)21)23-24(16)2;/h3-7,12,14,17-18,22H,8-10H2,1-2H3;1H/t12-,14-,17+;/m0./s1. The normalized spacial score (nSPS) is 24.2. The van der Waals surface area contributed by atoms with Gasteiger partial charge in [-0.2, -0.15) is 5.10 Å². The number of nitrogens with zero attached hydrogens (tertiary/aromatic N) is 3. The van der Waals surface area contributed by atoms with Gasteiger partial charge in [0.1, 0.15) is 11.4 Å². The molecule has 4 rings (SSSR count). The molecule has 1 aromatic heterocycles. The number of benzene rings is 1. The van der Waals surface area contributed by atoms with E-state index < -0.39 is 6.43 Å². The van der Waals surface area contributed by atoms with Crippen LogP contribution in [0.4, 0.5) is 8.78 Å². The van der Waals surface area contributed by atoms with Crippen LogP contribution < -0.4 is 5.32 Å². The molecule has 2 aliphatic rings. The summed E-state index contributed by atoms with van der Waals surface area (Å²) in [5.74, 6) is 0.490. The molecule has 2 fully saturated rings. The number of amides is 1. The van der Waals surface area contributed by atoms with Gasteiger partial charge < -0.3 is 10.2 Å². The van der Waals surface area contributed by atoms with Gasteiger partial charge in [-0.3, -0.25) is 9.48 Å². The first-order valence-corrected chi connectivity index (χ1v) is 8.86. The van der Waals surface area contributed by atoms with Crippen LogP contribution in [0.2, 0.25) is 0 Å². The Hall–Kier alpha value is -1.99. The molecule has 0 radical (unpaired) electrons. The molecule has 5 nitrogen and oxygen atoms in total. The van der Waals surface area contributed by atoms with Gasteiger partial charge in [0.25, 0.3) is 12.3 Å². The number of rotatable bonds is 3. The molecule has 1 N–H and O–H groups in total. The maximum absolute atomic E-state index is 13.2. The summed E-state index contributed by atoms with van der Waals surface area (Å²) >= 11 is 0. The molecule has 2 aromatic rings. The van der Waals surface area contributed by atoms with Crippen molar-refractivity contribution in [3.05, 3.63) is 52.8 Å². The molecule has 1 amide bonds. The van der Waals surface area contributed by atoms with E-state index in [-0.39, 0.29) is 35.7 Å². The Morgan fingerprint density at radius 1 is 1.30 bits per heavy atom. The second-order valence-corrected chi connectivity index (χ2v) is 7.22. The number of hydrogen-bond donors (Lipinski definition) is 1. The van der Waals surface area contributed by atoms with Crippen LogP contribution in [-0.4, -0.2) is 40.2 Å². The number of carbonyl (C=O) groups excluding carboxylic acids is 1. The van der Waals surface area contributed by atoms with Gasteiger partial charge in [0.15, 0.2) is 0 Å². The summed E-state index contributed by atoms with van der Waals surface area (Å²) in [6, 6.07) is 9.25. The number of likely N-dealkylation sites (tertiary alicyclic amines) is 1. The Morgan fingerprint density at radius 3 is 2.70 bits per heavy atom. The molecule has 0 saturated carbocycles. The van der Waals surface area contributed by atoms with Gasteiger partial charge in [-0.1, -0.05) is 24.3 Å². The number of carbonyl (C=O) groups is 1. The summed E-state index contributed by atoms with van der Waals surface area (Å²) in [5.41, 5.74) is 2.13. The minimum atomic E-state index is -2.68. The van der Waals surface area contributed by atoms with Crippen molar-refractivity contribution in [1.29, 1.82) is 0 Å². The summed E-state index contributed by atoms with van der Waals surface area (Å²) in [7, 11) is 1.54. The number of aryl methyl sites for hydroxylation is 2. The first-order chi connectivity index (χ1) is 12.5. The van der Waals surface area contributed by atoms with Crippen LogP contribution >= 0.6 is 12.4 Å². The number of hydrogen-bond acceptors (Lipinski definition) is 3. The summed E-state index contributed by atoms with van der Waals surface area (Å²) in [6.07, 6.45) is -2.68. The molecule has 1 aromatic carbocycles. The fourth-order valence-corrected chi connectivity index (χ4v) is 4.39. The molecule has 3 heterocycles. The van der Waals surface area contributed by atoms with Gasteiger partial charge in [-0.15, -0.1) is 12.4 Å². The zero-order valence-corrected chi connectivity index (χ0v) is 16.0. The van der Waals surface area contributed by atoms with Crippen LogP contribution in [0.15, 0.2) is 30.3 Å². The molecule has 8 heteroatoms. The van der Waals surface area contributed by atoms with Crippen LogP contribution in [0.1, 0.15) is 39.8 Å². The van der Waals surface area contributed by atoms with E-state index in [2.05, 4.69) is 16.5 Å². The van der Waals surface area contributed by atoms with E-state index in [4.69, 9.17) is 0 Å². The molecule has 27 heavy (non-hydrogen) atoms. The highest BCUT2D eigenvalue weighted by molar-refractivity contribution is 5.93. The van der Waals surface area contributed by atoms with Gasteiger partial charge in [0, 0.05) is 32.6 Å². The third-order valence-electron chi connectivity index (χ3n) is 5.67. The van der Waals surface area contributed by atoms with Crippen molar-refractivity contribution in [2.24, 2.45) is 18.9 Å². The van der Waals surface area contributed by atoms with E-state index in [1.807, 2.05) is 30.0 Å². The maximum Gasteiger partial charge on any atom is 0.282 e. The SMILES string of the molecule is Cc1ccccc1[C@@H]1[C@H]2CNC[C@H]2CN1C(=O)c1cc(C(F)F)nn1C.Cl. The zero-order chi connectivity index (χ0) is 18.4. The topological polar surface area (TPSA) is 50.2 Å². The Labute approximate surface area is 163 Å². The molecule has 2 saturated heterocycles. The lowest BCUT2D eigenvalue weighted by Gasteiger charge is -2.29. The van der Waals surface area contributed by atoms with Crippen LogP contribution in [0.5, 0.6) is 0 Å². The number of aromatic nitrogens is 2. The fourth-order valence-electron chi connectivity index (χ4n) is 4.39. The van der Waals surface area contributed by atoms with Crippen molar-refractivity contribution in [1.82, 2.24) is 20.0 Å². The van der Waals surface area contributed by atoms with Crippen LogP contribution in [0.25, 0.3) is 0 Å². The van der Waals surface area contributed by atoms with Crippen molar-refractivity contribution in [2.75, 3.05) is 19.6 Å². The number of nitrogens with one attached hydrogen (secondary N) is 1. The van der Waals surface area contributed by atoms with Gasteiger partial charge in [0.2, 0.25) is 0 Å². The van der Waals surface area contributed by atoms with E-state index >= 15 is 0 Å². The van der Waals surface area contributed by atoms with Gasteiger partial charge in [-0.25, -0.2) is 8.78 Å². The van der Waals surface area contributed by atoms with Crippen molar-refractivity contribution >= 4 is 18.3 Å². The summed E-state index contributed by atoms with van der Waals surface area (Å²) in [6.45, 7) is 4.42. The molecule has 0 bridgehead atoms. The van der Waals surface area contributed by atoms with Gasteiger partial charge >= 0.3 is 0 Å². The Morgan fingerprint density at radius 2 is 2.04 bits per heavy atom. The third kappa shape index (κ3) is 3.34. The largest absolute Gasteiger partial charge is 0.330 e. The van der Waals surface area contributed by atoms with E-state index in [0.717, 1.165) is 24.2 Å². The predicted molar refractivity (Wildman–Crippen MR) is 100 cm³/mol. The van der Waals surface area contributed by atoms with Crippen molar-refractivity contribution < 1.29 is 13.6 Å². The molecule has 0 spiro atoms. The zero-order valence-electron chi connectivity index (χ0n) is 15.2. The minimum absolute atomic E-state index is 0. The third-order valence-corrected chi connectivity index (χ3v) is 5.67. The van der Waals surface area contributed by atoms with Crippen LogP contribution in [0.3, 0.4) is 0 Å². The maximum atomic E-state index is 13.2. The summed E-state index contributed by atoms with van der Waals surface area (Å²) in [5, 5.41) is 7.22. The second kappa shape index (κ2) is 7.56. The minimum Gasteiger partial charge on any atom is -0.330 e. The Balaban J connectivity index is 0.00000210. The Kier molecular flexibility index (Phi) is 5.53. The molecular formula is C19H23ClF2N4O. The smallest absolute Gasteiger partial charge is 0.282 e. The lowest BCUT2D eigenvalue weighted by molar-refractivity contribution is 0.0702. The summed E-state index contributed by atoms with van der Waals surface area (Å²) < 4.78 is 27.2. The van der Waals surface area contributed by atoms with Crippen molar-refractivity contribution in [2.45, 2.75) is 19.4 Å². The predicted octanol–water partition coefficient (Wildman–Crippen LogP) is 3.12. The molecular weight excluding hydrogens is 374 g/mol. The molecule has 2 aliphatic heterocycles. The van der Waals surface area contributed by atoms with E-state index in [9.17, 15) is 13.6 Å². The lowest BCUT2D eigenvalue weighted by atomic mass is 9.87. The fraction of sp³-hybridized carbons (Fsp3) is 0.474. The quantitative estimate of drug-likeness (QED) is 0.867. The number of halogens is 3. The van der Waals surface area contributed by atoms with E-state index in [1.165, 1.54) is 10.7 Å². The Bertz CT molecular complexity index is 841. The number of fused-ring (bicyclic) bond motifs is 1. The molecule has 3 atom stereocenters. The lowest BCUT2D eigenvalue weighted by Crippen LogP contribution is -2.36. The average Bonchev–Trinajstić information content (AvgIpc) is 3.28. The molecule has 0 unspecified atom stereocenters. The van der Waals surface area contributed by atoms with Crippen molar-refractivity contribution in [3.8, 4) is 0 Å². The molecule has 0 aliphatic carbocycles. The average molecular weight is 397 g/mol. The van der Waals surface area contributed by atoms with Gasteiger partial charge in [0.05, 0.1) is 6.04 Å². The highest BCUT2D eigenvalue weighted by Gasteiger charge is 2.47.